The fourth-order valence-electron chi connectivity index (χ4n) is 3.88. The predicted molar refractivity (Wildman–Crippen MR) is 93.7 cm³/mol. The lowest BCUT2D eigenvalue weighted by Gasteiger charge is -2.36. The number of fused-ring (bicyclic) bond motifs is 2. The molecule has 7 heteroatoms. The Morgan fingerprint density at radius 2 is 1.80 bits per heavy atom. The summed E-state index contributed by atoms with van der Waals surface area (Å²) in [7, 11) is -1.49. The number of carbonyl (C=O) groups is 1. The largest absolute Gasteiger partial charge is 0.462 e. The minimum Gasteiger partial charge on any atom is -0.462 e. The van der Waals surface area contributed by atoms with Gasteiger partial charge in [-0.1, -0.05) is 30.3 Å². The first-order valence-corrected chi connectivity index (χ1v) is 10.5. The first-order chi connectivity index (χ1) is 11.8. The van der Waals surface area contributed by atoms with E-state index in [0.717, 1.165) is 31.9 Å². The van der Waals surface area contributed by atoms with Crippen LogP contribution in [0.3, 0.4) is 0 Å². The van der Waals surface area contributed by atoms with E-state index in [4.69, 9.17) is 8.92 Å². The summed E-state index contributed by atoms with van der Waals surface area (Å²) in [4.78, 5) is 15.1. The zero-order chi connectivity index (χ0) is 18.0. The monoisotopic (exact) mass is 367 g/mol. The second-order valence-electron chi connectivity index (χ2n) is 7.03. The van der Waals surface area contributed by atoms with Gasteiger partial charge < -0.3 is 9.64 Å². The number of hydrogen-bond donors (Lipinski definition) is 0. The van der Waals surface area contributed by atoms with Crippen molar-refractivity contribution in [2.45, 2.75) is 49.8 Å². The zero-order valence-corrected chi connectivity index (χ0v) is 15.4. The molecule has 1 aromatic rings. The molecule has 0 saturated carbocycles. The van der Waals surface area contributed by atoms with Gasteiger partial charge in [-0.15, -0.1) is 0 Å². The summed E-state index contributed by atoms with van der Waals surface area (Å²) in [5.41, 5.74) is 0.701. The Kier molecular flexibility index (Phi) is 5.46. The van der Waals surface area contributed by atoms with Crippen molar-refractivity contribution >= 4 is 16.1 Å². The first-order valence-electron chi connectivity index (χ1n) is 8.65. The van der Waals surface area contributed by atoms with Crippen LogP contribution in [0.15, 0.2) is 30.3 Å². The van der Waals surface area contributed by atoms with Gasteiger partial charge in [0, 0.05) is 12.1 Å². The Morgan fingerprint density at radius 1 is 1.20 bits per heavy atom. The lowest BCUT2D eigenvalue weighted by Crippen LogP contribution is -2.44. The Bertz CT molecular complexity index is 691. The SMILES string of the molecule is CN1[C@@H]2CC[C@H]1CC(OC(=O)C(COS(C)(=O)=O)c1ccccc1)C2. The number of esters is 1. The quantitative estimate of drug-likeness (QED) is 0.565. The molecule has 1 aromatic carbocycles. The molecule has 2 saturated heterocycles. The molecule has 6 nitrogen and oxygen atoms in total. The third-order valence-corrected chi connectivity index (χ3v) is 5.84. The third-order valence-electron chi connectivity index (χ3n) is 5.27. The van der Waals surface area contributed by atoms with Gasteiger partial charge in [0.25, 0.3) is 10.1 Å². The van der Waals surface area contributed by atoms with Gasteiger partial charge in [-0.2, -0.15) is 8.42 Å². The molecular weight excluding hydrogens is 342 g/mol. The van der Waals surface area contributed by atoms with Crippen molar-refractivity contribution in [1.29, 1.82) is 0 Å². The van der Waals surface area contributed by atoms with E-state index in [2.05, 4.69) is 11.9 Å². The molecule has 0 amide bonds. The standard InChI is InChI=1S/C18H25NO5S/c1-19-14-8-9-15(19)11-16(10-14)24-18(20)17(12-23-25(2,21)22)13-6-4-3-5-7-13/h3-7,14-17H,8-12H2,1-2H3/t14-,15+,16?,17?. The lowest BCUT2D eigenvalue weighted by atomic mass is 9.98. The zero-order valence-electron chi connectivity index (χ0n) is 14.6. The highest BCUT2D eigenvalue weighted by atomic mass is 32.2. The van der Waals surface area contributed by atoms with Crippen LogP contribution in [0.4, 0.5) is 0 Å². The fourth-order valence-corrected chi connectivity index (χ4v) is 4.26. The van der Waals surface area contributed by atoms with E-state index < -0.39 is 22.0 Å². The molecule has 2 heterocycles. The highest BCUT2D eigenvalue weighted by molar-refractivity contribution is 7.85. The average Bonchev–Trinajstić information content (AvgIpc) is 2.77. The van der Waals surface area contributed by atoms with E-state index in [1.54, 1.807) is 12.1 Å². The van der Waals surface area contributed by atoms with Crippen LogP contribution < -0.4 is 0 Å². The summed E-state index contributed by atoms with van der Waals surface area (Å²) in [6.07, 6.45) is 4.85. The summed E-state index contributed by atoms with van der Waals surface area (Å²) in [6.45, 7) is -0.235. The number of rotatable bonds is 6. The van der Waals surface area contributed by atoms with Crippen molar-refractivity contribution in [3.05, 3.63) is 35.9 Å². The van der Waals surface area contributed by atoms with Crippen molar-refractivity contribution in [1.82, 2.24) is 4.90 Å². The minimum atomic E-state index is -3.62. The molecule has 2 unspecified atom stereocenters. The molecule has 0 aliphatic carbocycles. The number of piperidine rings is 1. The lowest BCUT2D eigenvalue weighted by molar-refractivity contribution is -0.155. The van der Waals surface area contributed by atoms with Crippen LogP contribution in [0, 0.1) is 0 Å². The summed E-state index contributed by atoms with van der Waals surface area (Å²) >= 11 is 0. The highest BCUT2D eigenvalue weighted by Crippen LogP contribution is 2.36. The molecule has 0 aromatic heterocycles. The number of ether oxygens (including phenoxy) is 1. The van der Waals surface area contributed by atoms with Crippen molar-refractivity contribution < 1.29 is 22.1 Å². The van der Waals surface area contributed by atoms with Gasteiger partial charge in [0.15, 0.2) is 0 Å². The topological polar surface area (TPSA) is 72.9 Å². The maximum atomic E-state index is 12.7. The van der Waals surface area contributed by atoms with Crippen LogP contribution in [-0.4, -0.2) is 57.4 Å². The van der Waals surface area contributed by atoms with Gasteiger partial charge in [0.1, 0.15) is 12.0 Å². The Morgan fingerprint density at radius 3 is 2.36 bits per heavy atom. The molecule has 2 aliphatic rings. The fraction of sp³-hybridized carbons (Fsp3) is 0.611. The van der Waals surface area contributed by atoms with Crippen molar-refractivity contribution in [3.8, 4) is 0 Å². The van der Waals surface area contributed by atoms with Crippen molar-refractivity contribution in [2.24, 2.45) is 0 Å². The number of carbonyl (C=O) groups excluding carboxylic acids is 1. The van der Waals surface area contributed by atoms with E-state index in [9.17, 15) is 13.2 Å². The summed E-state index contributed by atoms with van der Waals surface area (Å²) in [5, 5.41) is 0. The van der Waals surface area contributed by atoms with Gasteiger partial charge in [0.2, 0.25) is 0 Å². The second-order valence-corrected chi connectivity index (χ2v) is 8.68. The molecule has 138 valence electrons. The molecule has 0 radical (unpaired) electrons. The third kappa shape index (κ3) is 4.59. The Balaban J connectivity index is 1.69. The van der Waals surface area contributed by atoms with Crippen LogP contribution in [0.5, 0.6) is 0 Å². The Labute approximate surface area is 149 Å². The van der Waals surface area contributed by atoms with Crippen LogP contribution in [0.1, 0.15) is 37.2 Å². The summed E-state index contributed by atoms with van der Waals surface area (Å²) in [5.74, 6) is -1.16. The normalized spacial score (nSPS) is 27.8. The number of benzene rings is 1. The predicted octanol–water partition coefficient (Wildman–Crippen LogP) is 1.91. The van der Waals surface area contributed by atoms with Crippen molar-refractivity contribution in [3.63, 3.8) is 0 Å². The summed E-state index contributed by atoms with van der Waals surface area (Å²) in [6, 6.07) is 9.99. The number of nitrogens with zero attached hydrogens (tertiary/aromatic N) is 1. The van der Waals surface area contributed by atoms with E-state index in [0.29, 0.717) is 17.6 Å². The van der Waals surface area contributed by atoms with Crippen LogP contribution >= 0.6 is 0 Å². The number of hydrogen-bond acceptors (Lipinski definition) is 6. The maximum absolute atomic E-state index is 12.7. The van der Waals surface area contributed by atoms with E-state index in [1.807, 2.05) is 18.2 Å². The van der Waals surface area contributed by atoms with Gasteiger partial charge in [0.05, 0.1) is 12.9 Å². The molecule has 0 spiro atoms. The van der Waals surface area contributed by atoms with E-state index >= 15 is 0 Å². The van der Waals surface area contributed by atoms with Gasteiger partial charge >= 0.3 is 5.97 Å². The van der Waals surface area contributed by atoms with Crippen LogP contribution in [0.25, 0.3) is 0 Å². The van der Waals surface area contributed by atoms with Gasteiger partial charge in [-0.3, -0.25) is 8.98 Å². The maximum Gasteiger partial charge on any atom is 0.316 e. The molecule has 25 heavy (non-hydrogen) atoms. The van der Waals surface area contributed by atoms with Gasteiger partial charge in [-0.25, -0.2) is 0 Å². The molecular formula is C18H25NO5S. The van der Waals surface area contributed by atoms with E-state index in [1.165, 1.54) is 0 Å². The molecule has 3 rings (SSSR count). The summed E-state index contributed by atoms with van der Waals surface area (Å²) < 4.78 is 33.3. The minimum absolute atomic E-state index is 0.106. The molecule has 4 atom stereocenters. The molecule has 0 N–H and O–H groups in total. The first kappa shape index (κ1) is 18.4. The van der Waals surface area contributed by atoms with Crippen LogP contribution in [0.2, 0.25) is 0 Å². The van der Waals surface area contributed by atoms with Crippen molar-refractivity contribution in [2.75, 3.05) is 19.9 Å². The molecule has 2 fully saturated rings. The molecule has 2 bridgehead atoms. The Hall–Kier alpha value is -1.44. The smallest absolute Gasteiger partial charge is 0.316 e. The van der Waals surface area contributed by atoms with Crippen LogP contribution in [-0.2, 0) is 23.8 Å². The van der Waals surface area contributed by atoms with Gasteiger partial charge in [-0.05, 0) is 38.3 Å². The molecule has 2 aliphatic heterocycles. The average molecular weight is 367 g/mol. The second kappa shape index (κ2) is 7.43. The van der Waals surface area contributed by atoms with E-state index in [-0.39, 0.29) is 12.7 Å². The highest BCUT2D eigenvalue weighted by Gasteiger charge is 2.40.